The molecule has 136 valence electrons. The molecule has 0 amide bonds. The summed E-state index contributed by atoms with van der Waals surface area (Å²) in [5.41, 5.74) is 4.29. The summed E-state index contributed by atoms with van der Waals surface area (Å²) in [6.45, 7) is 2.55. The molecular weight excluding hydrogens is 336 g/mol. The van der Waals surface area contributed by atoms with Crippen molar-refractivity contribution >= 4 is 12.0 Å². The zero-order valence-corrected chi connectivity index (χ0v) is 15.3. The first-order valence-corrected chi connectivity index (χ1v) is 8.89. The van der Waals surface area contributed by atoms with E-state index in [2.05, 4.69) is 0 Å². The summed E-state index contributed by atoms with van der Waals surface area (Å²) < 4.78 is 6.09. The van der Waals surface area contributed by atoms with Gasteiger partial charge in [0.05, 0.1) is 5.56 Å². The Morgan fingerprint density at radius 1 is 0.963 bits per heavy atom. The van der Waals surface area contributed by atoms with Crippen molar-refractivity contribution in [2.45, 2.75) is 20.0 Å². The van der Waals surface area contributed by atoms with Crippen molar-refractivity contribution in [2.24, 2.45) is 0 Å². The Balaban J connectivity index is 1.76. The number of aryl methyl sites for hydroxylation is 1. The zero-order valence-electron chi connectivity index (χ0n) is 15.3. The first-order valence-electron chi connectivity index (χ1n) is 8.89. The Bertz CT molecular complexity index is 943. The number of benzene rings is 3. The topological polar surface area (TPSA) is 46.5 Å². The fraction of sp³-hybridized carbons (Fsp3) is 0.125. The van der Waals surface area contributed by atoms with Crippen LogP contribution in [0.5, 0.6) is 5.75 Å². The van der Waals surface area contributed by atoms with Crippen molar-refractivity contribution in [3.63, 3.8) is 0 Å². The van der Waals surface area contributed by atoms with Gasteiger partial charge >= 0.3 is 5.97 Å². The normalized spacial score (nSPS) is 10.9. The van der Waals surface area contributed by atoms with Crippen LogP contribution in [0, 0.1) is 6.92 Å². The molecular formula is C24H22O3. The number of ether oxygens (including phenoxy) is 1. The highest BCUT2D eigenvalue weighted by molar-refractivity contribution is 5.92. The van der Waals surface area contributed by atoms with Crippen molar-refractivity contribution in [1.29, 1.82) is 0 Å². The highest BCUT2D eigenvalue weighted by Gasteiger charge is 2.08. The van der Waals surface area contributed by atoms with Gasteiger partial charge < -0.3 is 9.84 Å². The van der Waals surface area contributed by atoms with E-state index in [1.807, 2.05) is 79.7 Å². The molecule has 0 fully saturated rings. The van der Waals surface area contributed by atoms with Crippen LogP contribution in [0.25, 0.3) is 6.08 Å². The number of hydrogen-bond acceptors (Lipinski definition) is 2. The monoisotopic (exact) mass is 358 g/mol. The minimum Gasteiger partial charge on any atom is -0.488 e. The second kappa shape index (κ2) is 8.86. The van der Waals surface area contributed by atoms with Gasteiger partial charge in [-0.3, -0.25) is 0 Å². The smallest absolute Gasteiger partial charge is 0.336 e. The number of carbonyl (C=O) groups is 1. The summed E-state index contributed by atoms with van der Waals surface area (Å²) in [6, 6.07) is 23.2. The van der Waals surface area contributed by atoms with Crippen molar-refractivity contribution in [1.82, 2.24) is 0 Å². The molecule has 0 unspecified atom stereocenters. The van der Waals surface area contributed by atoms with Crippen LogP contribution >= 0.6 is 0 Å². The SMILES string of the molecule is Cc1cccc(C/C=C\c2ccccc2C(=O)O)c1OCc1ccccc1. The fourth-order valence-electron chi connectivity index (χ4n) is 2.96. The van der Waals surface area contributed by atoms with E-state index < -0.39 is 5.97 Å². The molecule has 3 aromatic carbocycles. The lowest BCUT2D eigenvalue weighted by molar-refractivity contribution is 0.0696. The maximum absolute atomic E-state index is 11.3. The van der Waals surface area contributed by atoms with E-state index in [1.54, 1.807) is 12.1 Å². The maximum atomic E-state index is 11.3. The molecule has 0 heterocycles. The van der Waals surface area contributed by atoms with Gasteiger partial charge in [0.2, 0.25) is 0 Å². The van der Waals surface area contributed by atoms with Gasteiger partial charge in [0.15, 0.2) is 0 Å². The first kappa shape index (κ1) is 18.5. The number of carboxylic acid groups (broad SMARTS) is 1. The van der Waals surface area contributed by atoms with E-state index in [9.17, 15) is 9.90 Å². The van der Waals surface area contributed by atoms with Gasteiger partial charge in [0, 0.05) is 0 Å². The molecule has 0 aliphatic rings. The van der Waals surface area contributed by atoms with Crippen LogP contribution in [0.1, 0.15) is 32.6 Å². The van der Waals surface area contributed by atoms with Crippen LogP contribution in [0.4, 0.5) is 0 Å². The molecule has 1 N–H and O–H groups in total. The van der Waals surface area contributed by atoms with Crippen LogP contribution in [0.2, 0.25) is 0 Å². The zero-order chi connectivity index (χ0) is 19.1. The summed E-state index contributed by atoms with van der Waals surface area (Å²) >= 11 is 0. The molecule has 27 heavy (non-hydrogen) atoms. The Hall–Kier alpha value is -3.33. The van der Waals surface area contributed by atoms with Crippen molar-refractivity contribution in [2.75, 3.05) is 0 Å². The van der Waals surface area contributed by atoms with Crippen LogP contribution in [-0.2, 0) is 13.0 Å². The lowest BCUT2D eigenvalue weighted by Crippen LogP contribution is -2.00. The van der Waals surface area contributed by atoms with Gasteiger partial charge in [0.25, 0.3) is 0 Å². The highest BCUT2D eigenvalue weighted by atomic mass is 16.5. The fourth-order valence-corrected chi connectivity index (χ4v) is 2.96. The number of allylic oxidation sites excluding steroid dienone is 1. The summed E-state index contributed by atoms with van der Waals surface area (Å²) in [5.74, 6) is -0.0322. The Morgan fingerprint density at radius 3 is 2.48 bits per heavy atom. The predicted octanol–water partition coefficient (Wildman–Crippen LogP) is 5.53. The summed E-state index contributed by atoms with van der Waals surface area (Å²) in [5, 5.41) is 9.29. The van der Waals surface area contributed by atoms with Crippen LogP contribution in [0.3, 0.4) is 0 Å². The highest BCUT2D eigenvalue weighted by Crippen LogP contribution is 2.25. The van der Waals surface area contributed by atoms with Gasteiger partial charge in [-0.1, -0.05) is 78.9 Å². The minimum atomic E-state index is -0.919. The number of hydrogen-bond donors (Lipinski definition) is 1. The van der Waals surface area contributed by atoms with Gasteiger partial charge in [-0.2, -0.15) is 0 Å². The molecule has 3 nitrogen and oxygen atoms in total. The van der Waals surface area contributed by atoms with Gasteiger partial charge in [-0.05, 0) is 41.7 Å². The second-order valence-corrected chi connectivity index (χ2v) is 6.34. The molecule has 0 aliphatic heterocycles. The molecule has 0 aromatic heterocycles. The maximum Gasteiger partial charge on any atom is 0.336 e. The lowest BCUT2D eigenvalue weighted by atomic mass is 10.0. The van der Waals surface area contributed by atoms with Crippen LogP contribution < -0.4 is 4.74 Å². The average molecular weight is 358 g/mol. The average Bonchev–Trinajstić information content (AvgIpc) is 2.68. The number of para-hydroxylation sites is 1. The van der Waals surface area contributed by atoms with E-state index in [0.717, 1.165) is 22.4 Å². The standard InChI is InChI=1S/C24H22O3/c1-18-9-7-14-21(23(18)27-17-19-10-3-2-4-11-19)15-8-13-20-12-5-6-16-22(20)24(25)26/h2-14,16H,15,17H2,1H3,(H,25,26)/b13-8-. The van der Waals surface area contributed by atoms with E-state index in [-0.39, 0.29) is 0 Å². The first-order chi connectivity index (χ1) is 13.1. The molecule has 3 aromatic rings. The third kappa shape index (κ3) is 4.85. The molecule has 0 spiro atoms. The molecule has 0 atom stereocenters. The molecule has 0 radical (unpaired) electrons. The van der Waals surface area contributed by atoms with Crippen molar-refractivity contribution in [3.05, 3.63) is 107 Å². The third-order valence-electron chi connectivity index (χ3n) is 4.35. The molecule has 0 saturated carbocycles. The van der Waals surface area contributed by atoms with Gasteiger partial charge in [-0.15, -0.1) is 0 Å². The molecule has 0 aliphatic carbocycles. The Morgan fingerprint density at radius 2 is 1.70 bits per heavy atom. The Labute approximate surface area is 159 Å². The molecule has 3 rings (SSSR count). The third-order valence-corrected chi connectivity index (χ3v) is 4.35. The summed E-state index contributed by atoms with van der Waals surface area (Å²) in [4.78, 5) is 11.3. The number of aromatic carboxylic acids is 1. The van der Waals surface area contributed by atoms with Crippen LogP contribution in [-0.4, -0.2) is 11.1 Å². The van der Waals surface area contributed by atoms with E-state index >= 15 is 0 Å². The molecule has 0 saturated heterocycles. The lowest BCUT2D eigenvalue weighted by Gasteiger charge is -2.13. The van der Waals surface area contributed by atoms with Crippen LogP contribution in [0.15, 0.2) is 78.9 Å². The Kier molecular flexibility index (Phi) is 6.06. The van der Waals surface area contributed by atoms with Crippen molar-refractivity contribution < 1.29 is 14.6 Å². The quantitative estimate of drug-likeness (QED) is 0.604. The van der Waals surface area contributed by atoms with Gasteiger partial charge in [-0.25, -0.2) is 4.79 Å². The van der Waals surface area contributed by atoms with E-state index in [4.69, 9.17) is 4.74 Å². The predicted molar refractivity (Wildman–Crippen MR) is 108 cm³/mol. The number of carboxylic acids is 1. The van der Waals surface area contributed by atoms with E-state index in [0.29, 0.717) is 24.2 Å². The minimum absolute atomic E-state index is 0.304. The van der Waals surface area contributed by atoms with Crippen molar-refractivity contribution in [3.8, 4) is 5.75 Å². The van der Waals surface area contributed by atoms with E-state index in [1.165, 1.54) is 0 Å². The summed E-state index contributed by atoms with van der Waals surface area (Å²) in [6.07, 6.45) is 4.50. The molecule has 3 heteroatoms. The second-order valence-electron chi connectivity index (χ2n) is 6.34. The largest absolute Gasteiger partial charge is 0.488 e. The molecule has 0 bridgehead atoms. The summed E-state index contributed by atoms with van der Waals surface area (Å²) in [7, 11) is 0. The van der Waals surface area contributed by atoms with Gasteiger partial charge in [0.1, 0.15) is 12.4 Å². The number of rotatable bonds is 7.